The third-order valence-electron chi connectivity index (χ3n) is 4.09. The van der Waals surface area contributed by atoms with Gasteiger partial charge in [-0.2, -0.15) is 0 Å². The van der Waals surface area contributed by atoms with Crippen LogP contribution in [0.25, 0.3) is 0 Å². The van der Waals surface area contributed by atoms with Gasteiger partial charge in [0.25, 0.3) is 5.91 Å². The molecule has 0 unspecified atom stereocenters. The van der Waals surface area contributed by atoms with Gasteiger partial charge in [0.1, 0.15) is 5.82 Å². The summed E-state index contributed by atoms with van der Waals surface area (Å²) in [5.41, 5.74) is 1.72. The molecule has 126 valence electrons. The fraction of sp³-hybridized carbons (Fsp3) is 0.278. The highest BCUT2D eigenvalue weighted by Gasteiger charge is 2.22. The largest absolute Gasteiger partial charge is 0.380 e. The van der Waals surface area contributed by atoms with Crippen LogP contribution in [0.3, 0.4) is 0 Å². The minimum Gasteiger partial charge on any atom is -0.380 e. The van der Waals surface area contributed by atoms with Gasteiger partial charge in [-0.1, -0.05) is 33.6 Å². The molecule has 0 atom stereocenters. The van der Waals surface area contributed by atoms with E-state index in [9.17, 15) is 9.18 Å². The van der Waals surface area contributed by atoms with Crippen LogP contribution in [0.2, 0.25) is 5.02 Å². The maximum absolute atomic E-state index is 14.0. The van der Waals surface area contributed by atoms with E-state index in [1.807, 2.05) is 4.90 Å². The van der Waals surface area contributed by atoms with Gasteiger partial charge < -0.3 is 10.2 Å². The smallest absolute Gasteiger partial charge is 0.255 e. The van der Waals surface area contributed by atoms with Crippen molar-refractivity contribution in [2.75, 3.05) is 18.4 Å². The predicted octanol–water partition coefficient (Wildman–Crippen LogP) is 5.09. The second-order valence-electron chi connectivity index (χ2n) is 5.78. The summed E-state index contributed by atoms with van der Waals surface area (Å²) in [6, 6.07) is 10.1. The van der Waals surface area contributed by atoms with Gasteiger partial charge in [-0.15, -0.1) is 0 Å². The minimum atomic E-state index is -0.300. The molecule has 1 fully saturated rings. The highest BCUT2D eigenvalue weighted by atomic mass is 79.9. The van der Waals surface area contributed by atoms with Gasteiger partial charge in [0.15, 0.2) is 0 Å². The van der Waals surface area contributed by atoms with E-state index in [1.165, 1.54) is 6.07 Å². The summed E-state index contributed by atoms with van der Waals surface area (Å²) in [4.78, 5) is 14.5. The Kier molecular flexibility index (Phi) is 5.41. The summed E-state index contributed by atoms with van der Waals surface area (Å²) < 4.78 is 14.7. The zero-order valence-electron chi connectivity index (χ0n) is 13.0. The molecule has 2 aromatic carbocycles. The van der Waals surface area contributed by atoms with Crippen LogP contribution in [0.1, 0.15) is 28.8 Å². The summed E-state index contributed by atoms with van der Waals surface area (Å²) in [6.45, 7) is 1.84. The molecule has 3 nitrogen and oxygen atoms in total. The van der Waals surface area contributed by atoms with Gasteiger partial charge in [-0.25, -0.2) is 4.39 Å². The molecule has 1 N–H and O–H groups in total. The number of amides is 1. The lowest BCUT2D eigenvalue weighted by atomic mass is 10.1. The van der Waals surface area contributed by atoms with Gasteiger partial charge in [-0.3, -0.25) is 4.79 Å². The zero-order valence-corrected chi connectivity index (χ0v) is 15.3. The number of nitrogens with one attached hydrogen (secondary N) is 1. The van der Waals surface area contributed by atoms with Crippen LogP contribution in [-0.2, 0) is 6.54 Å². The molecule has 1 aliphatic rings. The van der Waals surface area contributed by atoms with Crippen molar-refractivity contribution in [3.63, 3.8) is 0 Å². The van der Waals surface area contributed by atoms with Crippen LogP contribution in [0.5, 0.6) is 0 Å². The molecule has 0 bridgehead atoms. The van der Waals surface area contributed by atoms with Crippen LogP contribution in [0.15, 0.2) is 40.9 Å². The SMILES string of the molecule is O=C(c1ccc(Cl)cc1NCc1ccc(Br)cc1F)N1CCCC1. The highest BCUT2D eigenvalue weighted by molar-refractivity contribution is 9.10. The lowest BCUT2D eigenvalue weighted by molar-refractivity contribution is 0.0793. The van der Waals surface area contributed by atoms with Gasteiger partial charge in [0, 0.05) is 40.4 Å². The number of halogens is 3. The lowest BCUT2D eigenvalue weighted by Gasteiger charge is -2.19. The average Bonchev–Trinajstić information content (AvgIpc) is 3.08. The van der Waals surface area contributed by atoms with Crippen molar-refractivity contribution >= 4 is 39.1 Å². The number of benzene rings is 2. The third-order valence-corrected chi connectivity index (χ3v) is 4.82. The molecule has 0 radical (unpaired) electrons. The normalized spacial score (nSPS) is 14.0. The van der Waals surface area contributed by atoms with Crippen LogP contribution in [0, 0.1) is 5.82 Å². The number of hydrogen-bond donors (Lipinski definition) is 1. The molecule has 0 aliphatic carbocycles. The van der Waals surface area contributed by atoms with E-state index in [2.05, 4.69) is 21.2 Å². The van der Waals surface area contributed by atoms with Gasteiger partial charge in [0.2, 0.25) is 0 Å². The third kappa shape index (κ3) is 3.90. The summed E-state index contributed by atoms with van der Waals surface area (Å²) in [5, 5.41) is 3.68. The second kappa shape index (κ2) is 7.53. The molecule has 0 spiro atoms. The van der Waals surface area contributed by atoms with Crippen molar-refractivity contribution in [2.45, 2.75) is 19.4 Å². The van der Waals surface area contributed by atoms with Crippen LogP contribution >= 0.6 is 27.5 Å². The van der Waals surface area contributed by atoms with E-state index in [0.29, 0.717) is 26.3 Å². The molecule has 1 amide bonds. The molecule has 24 heavy (non-hydrogen) atoms. The van der Waals surface area contributed by atoms with E-state index in [1.54, 1.807) is 30.3 Å². The van der Waals surface area contributed by atoms with Crippen molar-refractivity contribution in [1.82, 2.24) is 4.90 Å². The first-order chi connectivity index (χ1) is 11.5. The first-order valence-corrected chi connectivity index (χ1v) is 8.98. The fourth-order valence-corrected chi connectivity index (χ4v) is 3.30. The van der Waals surface area contributed by atoms with Crippen LogP contribution in [0.4, 0.5) is 10.1 Å². The molecule has 2 aromatic rings. The molecule has 0 saturated carbocycles. The lowest BCUT2D eigenvalue weighted by Crippen LogP contribution is -2.28. The average molecular weight is 412 g/mol. The zero-order chi connectivity index (χ0) is 17.1. The number of hydrogen-bond acceptors (Lipinski definition) is 2. The first kappa shape index (κ1) is 17.2. The van der Waals surface area contributed by atoms with E-state index in [0.717, 1.165) is 25.9 Å². The van der Waals surface area contributed by atoms with Crippen molar-refractivity contribution in [2.24, 2.45) is 0 Å². The number of carbonyl (C=O) groups is 1. The van der Waals surface area contributed by atoms with Gasteiger partial charge in [0.05, 0.1) is 5.56 Å². The second-order valence-corrected chi connectivity index (χ2v) is 7.13. The fourth-order valence-electron chi connectivity index (χ4n) is 2.80. The number of anilines is 1. The molecule has 0 aromatic heterocycles. The van der Waals surface area contributed by atoms with Gasteiger partial charge in [-0.05, 0) is 43.2 Å². The number of nitrogens with zero attached hydrogens (tertiary/aromatic N) is 1. The van der Waals surface area contributed by atoms with Crippen LogP contribution < -0.4 is 5.32 Å². The number of likely N-dealkylation sites (tertiary alicyclic amines) is 1. The molecular formula is C18H17BrClFN2O. The standard InChI is InChI=1S/C18H17BrClFN2O/c19-13-4-3-12(16(21)9-13)11-22-17-10-14(20)5-6-15(17)18(24)23-7-1-2-8-23/h3-6,9-10,22H,1-2,7-8,11H2. The summed E-state index contributed by atoms with van der Waals surface area (Å²) >= 11 is 9.31. The summed E-state index contributed by atoms with van der Waals surface area (Å²) in [7, 11) is 0. The van der Waals surface area contributed by atoms with Crippen LogP contribution in [-0.4, -0.2) is 23.9 Å². The Morgan fingerprint density at radius 3 is 2.67 bits per heavy atom. The Morgan fingerprint density at radius 1 is 1.21 bits per heavy atom. The molecular weight excluding hydrogens is 395 g/mol. The van der Waals surface area contributed by atoms with E-state index in [4.69, 9.17) is 11.6 Å². The predicted molar refractivity (Wildman–Crippen MR) is 98.0 cm³/mol. The van der Waals surface area contributed by atoms with Crippen molar-refractivity contribution < 1.29 is 9.18 Å². The monoisotopic (exact) mass is 410 g/mol. The first-order valence-electron chi connectivity index (χ1n) is 7.81. The van der Waals surface area contributed by atoms with Crippen molar-refractivity contribution in [3.8, 4) is 0 Å². The highest BCUT2D eigenvalue weighted by Crippen LogP contribution is 2.25. The van der Waals surface area contributed by atoms with Crippen molar-refractivity contribution in [1.29, 1.82) is 0 Å². The molecule has 1 aliphatic heterocycles. The molecule has 6 heteroatoms. The quantitative estimate of drug-likeness (QED) is 0.760. The molecule has 1 heterocycles. The Labute approximate surface area is 153 Å². The maximum atomic E-state index is 14.0. The Morgan fingerprint density at radius 2 is 1.96 bits per heavy atom. The van der Waals surface area contributed by atoms with E-state index < -0.39 is 0 Å². The summed E-state index contributed by atoms with van der Waals surface area (Å²) in [6.07, 6.45) is 2.07. The number of rotatable bonds is 4. The molecule has 3 rings (SSSR count). The minimum absolute atomic E-state index is 0.0112. The Balaban J connectivity index is 1.81. The topological polar surface area (TPSA) is 32.3 Å². The maximum Gasteiger partial charge on any atom is 0.255 e. The Bertz CT molecular complexity index is 763. The van der Waals surface area contributed by atoms with Crippen molar-refractivity contribution in [3.05, 3.63) is 62.8 Å². The van der Waals surface area contributed by atoms with E-state index >= 15 is 0 Å². The van der Waals surface area contributed by atoms with Gasteiger partial charge >= 0.3 is 0 Å². The van der Waals surface area contributed by atoms with E-state index in [-0.39, 0.29) is 18.3 Å². The Hall–Kier alpha value is -1.59. The number of carbonyl (C=O) groups excluding carboxylic acids is 1. The summed E-state index contributed by atoms with van der Waals surface area (Å²) in [5.74, 6) is -0.311. The molecule has 1 saturated heterocycles.